The molecular formula is C12H26ClN. The van der Waals surface area contributed by atoms with Crippen molar-refractivity contribution >= 4 is 11.6 Å². The van der Waals surface area contributed by atoms with Crippen LogP contribution >= 0.6 is 11.6 Å². The number of rotatable bonds is 8. The summed E-state index contributed by atoms with van der Waals surface area (Å²) in [4.78, 5) is 2.39. The van der Waals surface area contributed by atoms with Gasteiger partial charge in [-0.2, -0.15) is 0 Å². The van der Waals surface area contributed by atoms with Gasteiger partial charge in [-0.3, -0.25) is 0 Å². The van der Waals surface area contributed by atoms with Crippen molar-refractivity contribution < 1.29 is 0 Å². The third-order valence-corrected chi connectivity index (χ3v) is 3.51. The highest BCUT2D eigenvalue weighted by Crippen LogP contribution is 2.15. The molecule has 0 aliphatic heterocycles. The van der Waals surface area contributed by atoms with Gasteiger partial charge >= 0.3 is 0 Å². The van der Waals surface area contributed by atoms with E-state index < -0.39 is 0 Å². The Labute approximate surface area is 94.8 Å². The Hall–Kier alpha value is 0.250. The lowest BCUT2D eigenvalue weighted by Crippen LogP contribution is -2.34. The van der Waals surface area contributed by atoms with Gasteiger partial charge in [0.05, 0.1) is 0 Å². The molecule has 1 nitrogen and oxygen atoms in total. The van der Waals surface area contributed by atoms with Crippen molar-refractivity contribution in [1.29, 1.82) is 0 Å². The number of halogens is 1. The summed E-state index contributed by atoms with van der Waals surface area (Å²) >= 11 is 5.84. The highest BCUT2D eigenvalue weighted by atomic mass is 35.5. The molecule has 0 fully saturated rings. The summed E-state index contributed by atoms with van der Waals surface area (Å²) in [6.45, 7) is 7.95. The number of unbranched alkanes of at least 4 members (excludes halogenated alkanes) is 1. The summed E-state index contributed by atoms with van der Waals surface area (Å²) in [6, 6.07) is 0.507. The maximum atomic E-state index is 5.84. The van der Waals surface area contributed by atoms with Gasteiger partial charge in [0.1, 0.15) is 0 Å². The van der Waals surface area contributed by atoms with E-state index >= 15 is 0 Å². The Balaban J connectivity index is 3.79. The van der Waals surface area contributed by atoms with Gasteiger partial charge in [0.2, 0.25) is 0 Å². The van der Waals surface area contributed by atoms with Crippen LogP contribution in [0.1, 0.15) is 46.5 Å². The summed E-state index contributed by atoms with van der Waals surface area (Å²) in [5, 5.41) is 0. The Morgan fingerprint density at radius 1 is 1.29 bits per heavy atom. The Kier molecular flexibility index (Phi) is 8.70. The minimum absolute atomic E-state index is 0.507. The summed E-state index contributed by atoms with van der Waals surface area (Å²) in [7, 11) is 2.18. The Morgan fingerprint density at radius 2 is 1.93 bits per heavy atom. The zero-order valence-corrected chi connectivity index (χ0v) is 11.0. The van der Waals surface area contributed by atoms with Gasteiger partial charge in [0, 0.05) is 18.5 Å². The summed E-state index contributed by atoms with van der Waals surface area (Å²) in [5.41, 5.74) is 0. The first-order valence-electron chi connectivity index (χ1n) is 5.91. The molecule has 0 saturated heterocycles. The van der Waals surface area contributed by atoms with Gasteiger partial charge in [-0.05, 0) is 26.3 Å². The average molecular weight is 220 g/mol. The molecule has 0 heterocycles. The second-order valence-corrected chi connectivity index (χ2v) is 4.67. The first kappa shape index (κ1) is 14.2. The molecule has 0 amide bonds. The van der Waals surface area contributed by atoms with Gasteiger partial charge < -0.3 is 4.90 Å². The largest absolute Gasteiger partial charge is 0.302 e. The van der Waals surface area contributed by atoms with Crippen LogP contribution in [0.5, 0.6) is 0 Å². The third kappa shape index (κ3) is 5.87. The summed E-state index contributed by atoms with van der Waals surface area (Å²) in [5.74, 6) is 1.59. The van der Waals surface area contributed by atoms with E-state index in [-0.39, 0.29) is 0 Å². The van der Waals surface area contributed by atoms with Gasteiger partial charge in [-0.15, -0.1) is 11.6 Å². The van der Waals surface area contributed by atoms with Crippen molar-refractivity contribution in [3.05, 3.63) is 0 Å². The first-order valence-corrected chi connectivity index (χ1v) is 6.45. The standard InChI is InChI=1S/C12H26ClN/c1-5-7-8-12(6-2)10-14(4)11(3)9-13/h11-12H,5-10H2,1-4H3. The van der Waals surface area contributed by atoms with E-state index in [2.05, 4.69) is 32.7 Å². The van der Waals surface area contributed by atoms with Crippen LogP contribution in [-0.2, 0) is 0 Å². The van der Waals surface area contributed by atoms with Crippen LogP contribution in [0.2, 0.25) is 0 Å². The van der Waals surface area contributed by atoms with Crippen LogP contribution in [0.15, 0.2) is 0 Å². The fraction of sp³-hybridized carbons (Fsp3) is 1.00. The molecule has 0 N–H and O–H groups in total. The van der Waals surface area contributed by atoms with E-state index in [4.69, 9.17) is 11.6 Å². The average Bonchev–Trinajstić information content (AvgIpc) is 2.22. The van der Waals surface area contributed by atoms with Crippen molar-refractivity contribution in [3.63, 3.8) is 0 Å². The quantitative estimate of drug-likeness (QED) is 0.562. The zero-order chi connectivity index (χ0) is 11.0. The highest BCUT2D eigenvalue weighted by molar-refractivity contribution is 6.18. The number of alkyl halides is 1. The van der Waals surface area contributed by atoms with Crippen LogP contribution in [0.3, 0.4) is 0 Å². The molecule has 2 atom stereocenters. The van der Waals surface area contributed by atoms with E-state index in [1.165, 1.54) is 32.2 Å². The molecule has 0 bridgehead atoms. The first-order chi connectivity index (χ1) is 6.65. The lowest BCUT2D eigenvalue weighted by Gasteiger charge is -2.27. The number of nitrogens with zero attached hydrogens (tertiary/aromatic N) is 1. The van der Waals surface area contributed by atoms with Crippen LogP contribution in [-0.4, -0.2) is 30.4 Å². The lowest BCUT2D eigenvalue weighted by molar-refractivity contribution is 0.220. The number of hydrogen-bond acceptors (Lipinski definition) is 1. The lowest BCUT2D eigenvalue weighted by atomic mass is 9.98. The van der Waals surface area contributed by atoms with Crippen LogP contribution in [0, 0.1) is 5.92 Å². The van der Waals surface area contributed by atoms with Gasteiger partial charge in [-0.25, -0.2) is 0 Å². The van der Waals surface area contributed by atoms with E-state index in [1.807, 2.05) is 0 Å². The molecule has 2 unspecified atom stereocenters. The molecule has 86 valence electrons. The molecule has 0 aliphatic rings. The van der Waals surface area contributed by atoms with Crippen molar-refractivity contribution in [1.82, 2.24) is 4.90 Å². The topological polar surface area (TPSA) is 3.24 Å². The molecule has 0 aromatic heterocycles. The van der Waals surface area contributed by atoms with Gasteiger partial charge in [0.15, 0.2) is 0 Å². The van der Waals surface area contributed by atoms with Gasteiger partial charge in [0.25, 0.3) is 0 Å². The number of hydrogen-bond donors (Lipinski definition) is 0. The van der Waals surface area contributed by atoms with Crippen molar-refractivity contribution in [2.45, 2.75) is 52.5 Å². The molecule has 0 aromatic carbocycles. The van der Waals surface area contributed by atoms with E-state index in [0.29, 0.717) is 6.04 Å². The molecule has 0 radical (unpaired) electrons. The van der Waals surface area contributed by atoms with Gasteiger partial charge in [-0.1, -0.05) is 33.1 Å². The summed E-state index contributed by atoms with van der Waals surface area (Å²) in [6.07, 6.45) is 5.33. The predicted molar refractivity (Wildman–Crippen MR) is 66.1 cm³/mol. The normalized spacial score (nSPS) is 15.9. The smallest absolute Gasteiger partial charge is 0.0376 e. The van der Waals surface area contributed by atoms with E-state index in [9.17, 15) is 0 Å². The Bertz CT molecular complexity index is 127. The molecule has 0 saturated carbocycles. The van der Waals surface area contributed by atoms with E-state index in [0.717, 1.165) is 11.8 Å². The third-order valence-electron chi connectivity index (χ3n) is 3.07. The molecule has 0 spiro atoms. The van der Waals surface area contributed by atoms with Crippen LogP contribution in [0.4, 0.5) is 0 Å². The Morgan fingerprint density at radius 3 is 2.36 bits per heavy atom. The SMILES string of the molecule is CCCCC(CC)CN(C)C(C)CCl. The molecule has 0 rings (SSSR count). The molecule has 0 aromatic rings. The van der Waals surface area contributed by atoms with Crippen molar-refractivity contribution in [2.24, 2.45) is 5.92 Å². The molecule has 2 heteroatoms. The van der Waals surface area contributed by atoms with Crippen LogP contribution in [0.25, 0.3) is 0 Å². The van der Waals surface area contributed by atoms with Crippen LogP contribution < -0.4 is 0 Å². The predicted octanol–water partition coefficient (Wildman–Crippen LogP) is 3.76. The zero-order valence-electron chi connectivity index (χ0n) is 10.2. The molecule has 14 heavy (non-hydrogen) atoms. The monoisotopic (exact) mass is 219 g/mol. The summed E-state index contributed by atoms with van der Waals surface area (Å²) < 4.78 is 0. The fourth-order valence-electron chi connectivity index (χ4n) is 1.62. The maximum absolute atomic E-state index is 5.84. The minimum atomic E-state index is 0.507. The fourth-order valence-corrected chi connectivity index (χ4v) is 1.86. The molecule has 0 aliphatic carbocycles. The van der Waals surface area contributed by atoms with Crippen molar-refractivity contribution in [3.8, 4) is 0 Å². The second kappa shape index (κ2) is 8.55. The van der Waals surface area contributed by atoms with E-state index in [1.54, 1.807) is 0 Å². The maximum Gasteiger partial charge on any atom is 0.0376 e. The highest BCUT2D eigenvalue weighted by Gasteiger charge is 2.13. The second-order valence-electron chi connectivity index (χ2n) is 4.36. The molecular weight excluding hydrogens is 194 g/mol. The minimum Gasteiger partial charge on any atom is -0.302 e. The van der Waals surface area contributed by atoms with Crippen molar-refractivity contribution in [2.75, 3.05) is 19.5 Å².